The Morgan fingerprint density at radius 1 is 1.42 bits per heavy atom. The van der Waals surface area contributed by atoms with Gasteiger partial charge >= 0.3 is 0 Å². The van der Waals surface area contributed by atoms with E-state index >= 15 is 0 Å². The van der Waals surface area contributed by atoms with E-state index < -0.39 is 0 Å². The van der Waals surface area contributed by atoms with Crippen LogP contribution in [0.25, 0.3) is 0 Å². The number of rotatable bonds is 4. The van der Waals surface area contributed by atoms with Crippen molar-refractivity contribution < 1.29 is 4.79 Å². The third-order valence-electron chi connectivity index (χ3n) is 4.15. The minimum absolute atomic E-state index is 0.0651. The summed E-state index contributed by atoms with van der Waals surface area (Å²) in [5, 5.41) is 3.61. The van der Waals surface area contributed by atoms with Gasteiger partial charge in [0.25, 0.3) is 0 Å². The van der Waals surface area contributed by atoms with Crippen molar-refractivity contribution >= 4 is 23.3 Å². The molecule has 0 saturated carbocycles. The molecule has 0 aromatic carbocycles. The minimum atomic E-state index is -0.103. The first kappa shape index (κ1) is 16.5. The Morgan fingerprint density at radius 2 is 2.25 bits per heavy atom. The number of H-pyrrole nitrogens is 1. The molecule has 2 aromatic heterocycles. The monoisotopic (exact) mass is 346 g/mol. The third kappa shape index (κ3) is 3.76. The highest BCUT2D eigenvalue weighted by molar-refractivity contribution is 6.30. The Kier molecular flexibility index (Phi) is 4.85. The van der Waals surface area contributed by atoms with Crippen molar-refractivity contribution in [2.24, 2.45) is 0 Å². The summed E-state index contributed by atoms with van der Waals surface area (Å²) in [6.45, 7) is 0.198. The van der Waals surface area contributed by atoms with Gasteiger partial charge in [0.15, 0.2) is 0 Å². The Bertz CT molecular complexity index is 788. The first-order valence-corrected chi connectivity index (χ1v) is 8.25. The predicted octanol–water partition coefficient (Wildman–Crippen LogP) is 2.05. The number of carbonyl (C=O) groups is 1. The molecule has 0 bridgehead atoms. The predicted molar refractivity (Wildman–Crippen MR) is 93.4 cm³/mol. The fourth-order valence-corrected chi connectivity index (χ4v) is 3.09. The van der Waals surface area contributed by atoms with Crippen molar-refractivity contribution in [2.75, 3.05) is 18.5 Å². The standard InChI is InChI=1S/C17H19ClN4O2/c1-22(15-7-5-11(18)9-19-15)10-17(24)21-14-4-2-3-13-12(14)6-8-16(23)20-13/h5-9,14H,2-4,10H2,1H3,(H,20,23)(H,21,24)/t14-/m1/s1. The number of aromatic amines is 1. The molecule has 2 aromatic rings. The first-order valence-electron chi connectivity index (χ1n) is 7.87. The SMILES string of the molecule is CN(CC(=O)N[C@@H]1CCCc2[nH]c(=O)ccc21)c1ccc(Cl)cn1. The van der Waals surface area contributed by atoms with Gasteiger partial charge in [-0.1, -0.05) is 11.6 Å². The summed E-state index contributed by atoms with van der Waals surface area (Å²) in [7, 11) is 1.81. The van der Waals surface area contributed by atoms with Crippen LogP contribution in [0.1, 0.15) is 30.1 Å². The molecular formula is C17H19ClN4O2. The zero-order valence-electron chi connectivity index (χ0n) is 13.4. The molecule has 0 aliphatic heterocycles. The van der Waals surface area contributed by atoms with E-state index in [0.29, 0.717) is 10.8 Å². The van der Waals surface area contributed by atoms with E-state index in [1.165, 1.54) is 6.07 Å². The Balaban J connectivity index is 1.65. The van der Waals surface area contributed by atoms with E-state index in [9.17, 15) is 9.59 Å². The van der Waals surface area contributed by atoms with Crippen molar-refractivity contribution in [1.29, 1.82) is 0 Å². The lowest BCUT2D eigenvalue weighted by Crippen LogP contribution is -2.39. The number of fused-ring (bicyclic) bond motifs is 1. The van der Waals surface area contributed by atoms with E-state index in [2.05, 4.69) is 15.3 Å². The molecule has 0 spiro atoms. The van der Waals surface area contributed by atoms with Gasteiger partial charge in [-0.05, 0) is 43.0 Å². The fraction of sp³-hybridized carbons (Fsp3) is 0.353. The number of aromatic nitrogens is 2. The molecule has 1 atom stereocenters. The van der Waals surface area contributed by atoms with Crippen LogP contribution in [0.4, 0.5) is 5.82 Å². The fourth-order valence-electron chi connectivity index (χ4n) is 2.98. The van der Waals surface area contributed by atoms with Gasteiger partial charge in [-0.3, -0.25) is 9.59 Å². The van der Waals surface area contributed by atoms with Gasteiger partial charge in [-0.2, -0.15) is 0 Å². The molecule has 126 valence electrons. The molecule has 2 N–H and O–H groups in total. The smallest absolute Gasteiger partial charge is 0.248 e. The van der Waals surface area contributed by atoms with Crippen LogP contribution in [0.2, 0.25) is 5.02 Å². The highest BCUT2D eigenvalue weighted by Gasteiger charge is 2.22. The zero-order chi connectivity index (χ0) is 17.1. The first-order chi connectivity index (χ1) is 11.5. The van der Waals surface area contributed by atoms with Gasteiger partial charge in [-0.15, -0.1) is 0 Å². The van der Waals surface area contributed by atoms with Gasteiger partial charge in [0, 0.05) is 25.0 Å². The number of hydrogen-bond donors (Lipinski definition) is 2. The maximum Gasteiger partial charge on any atom is 0.248 e. The maximum absolute atomic E-state index is 12.4. The summed E-state index contributed by atoms with van der Waals surface area (Å²) in [5.74, 6) is 0.598. The number of carbonyl (C=O) groups excluding carboxylic acids is 1. The molecule has 1 aliphatic carbocycles. The molecule has 2 heterocycles. The summed E-state index contributed by atoms with van der Waals surface area (Å²) < 4.78 is 0. The van der Waals surface area contributed by atoms with Gasteiger partial charge in [0.1, 0.15) is 5.82 Å². The van der Waals surface area contributed by atoms with Crippen molar-refractivity contribution in [3.8, 4) is 0 Å². The van der Waals surface area contributed by atoms with E-state index in [1.807, 2.05) is 13.1 Å². The van der Waals surface area contributed by atoms with Gasteiger partial charge < -0.3 is 15.2 Å². The molecule has 24 heavy (non-hydrogen) atoms. The molecule has 0 unspecified atom stereocenters. The van der Waals surface area contributed by atoms with Crippen LogP contribution >= 0.6 is 11.6 Å². The summed E-state index contributed by atoms with van der Waals surface area (Å²) in [5.41, 5.74) is 1.82. The number of aryl methyl sites for hydroxylation is 1. The average molecular weight is 347 g/mol. The van der Waals surface area contributed by atoms with E-state index in [-0.39, 0.29) is 24.1 Å². The van der Waals surface area contributed by atoms with E-state index in [4.69, 9.17) is 11.6 Å². The number of likely N-dealkylation sites (N-methyl/N-ethyl adjacent to an activating group) is 1. The number of halogens is 1. The van der Waals surface area contributed by atoms with Crippen molar-refractivity contribution in [2.45, 2.75) is 25.3 Å². The van der Waals surface area contributed by atoms with Crippen LogP contribution < -0.4 is 15.8 Å². The Labute approximate surface area is 144 Å². The van der Waals surface area contributed by atoms with E-state index in [0.717, 1.165) is 30.5 Å². The molecule has 1 amide bonds. The zero-order valence-corrected chi connectivity index (χ0v) is 14.1. The molecule has 0 saturated heterocycles. The van der Waals surface area contributed by atoms with Crippen LogP contribution in [0.5, 0.6) is 0 Å². The van der Waals surface area contributed by atoms with Crippen LogP contribution in [-0.4, -0.2) is 29.5 Å². The van der Waals surface area contributed by atoms with Gasteiger partial charge in [0.05, 0.1) is 17.6 Å². The summed E-state index contributed by atoms with van der Waals surface area (Å²) in [4.78, 5) is 32.6. The molecule has 1 aliphatic rings. The highest BCUT2D eigenvalue weighted by atomic mass is 35.5. The summed E-state index contributed by atoms with van der Waals surface area (Å²) in [6.07, 6.45) is 4.20. The largest absolute Gasteiger partial charge is 0.350 e. The Hall–Kier alpha value is -2.34. The van der Waals surface area contributed by atoms with E-state index in [1.54, 1.807) is 23.2 Å². The third-order valence-corrected chi connectivity index (χ3v) is 4.37. The molecule has 0 radical (unpaired) electrons. The lowest BCUT2D eigenvalue weighted by Gasteiger charge is -2.27. The second-order valence-corrected chi connectivity index (χ2v) is 6.40. The summed E-state index contributed by atoms with van der Waals surface area (Å²) in [6, 6.07) is 6.77. The van der Waals surface area contributed by atoms with Crippen LogP contribution in [0, 0.1) is 0 Å². The van der Waals surface area contributed by atoms with Gasteiger partial charge in [-0.25, -0.2) is 4.98 Å². The second kappa shape index (κ2) is 7.05. The lowest BCUT2D eigenvalue weighted by molar-refractivity contribution is -0.120. The summed E-state index contributed by atoms with van der Waals surface area (Å²) >= 11 is 5.82. The number of anilines is 1. The number of nitrogens with one attached hydrogen (secondary N) is 2. The van der Waals surface area contributed by atoms with Crippen LogP contribution in [0.15, 0.2) is 35.3 Å². The van der Waals surface area contributed by atoms with Crippen LogP contribution in [0.3, 0.4) is 0 Å². The normalized spacial score (nSPS) is 16.3. The quantitative estimate of drug-likeness (QED) is 0.888. The molecule has 6 nitrogen and oxygen atoms in total. The molecule has 0 fully saturated rings. The molecule has 3 rings (SSSR count). The van der Waals surface area contributed by atoms with Crippen LogP contribution in [-0.2, 0) is 11.2 Å². The maximum atomic E-state index is 12.4. The number of hydrogen-bond acceptors (Lipinski definition) is 4. The lowest BCUT2D eigenvalue weighted by atomic mass is 9.91. The minimum Gasteiger partial charge on any atom is -0.350 e. The molecule has 7 heteroatoms. The van der Waals surface area contributed by atoms with Gasteiger partial charge in [0.2, 0.25) is 11.5 Å². The molecular weight excluding hydrogens is 328 g/mol. The second-order valence-electron chi connectivity index (χ2n) is 5.96. The van der Waals surface area contributed by atoms with Crippen molar-refractivity contribution in [3.05, 3.63) is 57.1 Å². The van der Waals surface area contributed by atoms with Crippen molar-refractivity contribution in [3.63, 3.8) is 0 Å². The number of amides is 1. The topological polar surface area (TPSA) is 78.1 Å². The average Bonchev–Trinajstić information content (AvgIpc) is 2.55. The number of pyridine rings is 2. The Morgan fingerprint density at radius 3 is 3.00 bits per heavy atom. The highest BCUT2D eigenvalue weighted by Crippen LogP contribution is 2.27. The van der Waals surface area contributed by atoms with Crippen molar-refractivity contribution in [1.82, 2.24) is 15.3 Å². The number of nitrogens with zero attached hydrogens (tertiary/aromatic N) is 2.